The summed E-state index contributed by atoms with van der Waals surface area (Å²) in [5.41, 5.74) is 2.43. The zero-order chi connectivity index (χ0) is 19.6. The number of halogens is 1. The Morgan fingerprint density at radius 3 is 2.41 bits per heavy atom. The van der Waals surface area contributed by atoms with E-state index in [1.807, 2.05) is 16.7 Å². The predicted octanol–water partition coefficient (Wildman–Crippen LogP) is 4.97. The van der Waals surface area contributed by atoms with Gasteiger partial charge < -0.3 is 0 Å². The van der Waals surface area contributed by atoms with Crippen molar-refractivity contribution in [3.8, 4) is 0 Å². The minimum Gasteiger partial charge on any atom is -0.292 e. The lowest BCUT2D eigenvalue weighted by Crippen LogP contribution is -2.26. The third-order valence-electron chi connectivity index (χ3n) is 4.43. The highest BCUT2D eigenvalue weighted by Crippen LogP contribution is 2.34. The summed E-state index contributed by atoms with van der Waals surface area (Å²) < 4.78 is 1.44. The average molecular weight is 447 g/mol. The maximum atomic E-state index is 11.8. The van der Waals surface area contributed by atoms with Crippen molar-refractivity contribution in [1.29, 1.82) is 0 Å². The van der Waals surface area contributed by atoms with Crippen molar-refractivity contribution in [2.75, 3.05) is 0 Å². The number of hydrogen-bond acceptors (Lipinski definition) is 5. The van der Waals surface area contributed by atoms with Crippen LogP contribution in [-0.4, -0.2) is 25.4 Å². The molecule has 0 radical (unpaired) electrons. The maximum absolute atomic E-state index is 11.8. The minimum absolute atomic E-state index is 0.541. The summed E-state index contributed by atoms with van der Waals surface area (Å²) in [7, 11) is 0. The molecule has 0 saturated carbocycles. The first-order chi connectivity index (χ1) is 12.9. The lowest BCUT2D eigenvalue weighted by atomic mass is 9.98. The smallest absolute Gasteiger partial charge is 0.292 e. The molecule has 0 aliphatic carbocycles. The number of carbonyl (C=O) groups is 1. The number of aryl methyl sites for hydroxylation is 1. The highest BCUT2D eigenvalue weighted by Gasteiger charge is 2.32. The van der Waals surface area contributed by atoms with Crippen LogP contribution in [0.5, 0.6) is 0 Å². The standard InChI is InChI=1S/C19H19BrN4O2S/c1-4-12-9-10-13(15-8-6-5-7-14(12)15)11-24-17(20)21-22-18(24)27-19(2,3)16(25)23-26/h5-10H,4,11H2,1-3H3. The van der Waals surface area contributed by atoms with Gasteiger partial charge in [-0.2, -0.15) is 0 Å². The van der Waals surface area contributed by atoms with Gasteiger partial charge in [0.05, 0.1) is 6.54 Å². The van der Waals surface area contributed by atoms with Crippen LogP contribution in [0.15, 0.2) is 51.5 Å². The number of amides is 1. The fourth-order valence-corrected chi connectivity index (χ4v) is 4.32. The molecule has 0 unspecified atom stereocenters. The summed E-state index contributed by atoms with van der Waals surface area (Å²) in [5, 5.41) is 13.8. The number of fused-ring (bicyclic) bond motifs is 1. The van der Waals surface area contributed by atoms with E-state index >= 15 is 0 Å². The normalized spacial score (nSPS) is 11.7. The summed E-state index contributed by atoms with van der Waals surface area (Å²) in [6, 6.07) is 12.6. The molecule has 2 aromatic carbocycles. The molecule has 0 aliphatic rings. The summed E-state index contributed by atoms with van der Waals surface area (Å²) >= 11 is 4.61. The summed E-state index contributed by atoms with van der Waals surface area (Å²) in [5.74, 6) is -0.726. The van der Waals surface area contributed by atoms with Crippen molar-refractivity contribution < 1.29 is 4.79 Å². The molecule has 0 fully saturated rings. The van der Waals surface area contributed by atoms with Gasteiger partial charge in [0.15, 0.2) is 5.16 Å². The molecule has 3 rings (SSSR count). The Morgan fingerprint density at radius 1 is 1.15 bits per heavy atom. The average Bonchev–Trinajstić information content (AvgIpc) is 3.00. The van der Waals surface area contributed by atoms with Crippen molar-refractivity contribution in [3.05, 3.63) is 57.2 Å². The van der Waals surface area contributed by atoms with Crippen molar-refractivity contribution >= 4 is 44.4 Å². The van der Waals surface area contributed by atoms with E-state index in [9.17, 15) is 9.70 Å². The molecule has 140 valence electrons. The number of hydrogen-bond donors (Lipinski definition) is 0. The number of thioether (sulfide) groups is 1. The molecule has 0 aliphatic heterocycles. The van der Waals surface area contributed by atoms with E-state index < -0.39 is 10.7 Å². The van der Waals surface area contributed by atoms with Gasteiger partial charge in [-0.25, -0.2) is 0 Å². The fraction of sp³-hybridized carbons (Fsp3) is 0.316. The number of carbonyl (C=O) groups excluding carboxylic acids is 1. The first-order valence-corrected chi connectivity index (χ1v) is 10.1. The largest absolute Gasteiger partial charge is 0.302 e. The van der Waals surface area contributed by atoms with E-state index in [0.29, 0.717) is 16.4 Å². The molecule has 27 heavy (non-hydrogen) atoms. The van der Waals surface area contributed by atoms with E-state index in [0.717, 1.165) is 12.0 Å². The van der Waals surface area contributed by atoms with Crippen LogP contribution in [0.25, 0.3) is 10.8 Å². The van der Waals surface area contributed by atoms with Crippen LogP contribution in [0.2, 0.25) is 0 Å². The summed E-state index contributed by atoms with van der Waals surface area (Å²) in [6.45, 7) is 5.99. The summed E-state index contributed by atoms with van der Waals surface area (Å²) in [6.07, 6.45) is 0.965. The van der Waals surface area contributed by atoms with Gasteiger partial charge in [-0.3, -0.25) is 9.36 Å². The minimum atomic E-state index is -1.01. The van der Waals surface area contributed by atoms with Crippen molar-refractivity contribution in [2.24, 2.45) is 5.18 Å². The zero-order valence-corrected chi connectivity index (χ0v) is 17.7. The van der Waals surface area contributed by atoms with E-state index in [1.165, 1.54) is 28.1 Å². The van der Waals surface area contributed by atoms with Gasteiger partial charge in [0, 0.05) is 5.18 Å². The van der Waals surface area contributed by atoms with E-state index in [1.54, 1.807) is 13.8 Å². The number of nitrogens with zero attached hydrogens (tertiary/aromatic N) is 4. The molecule has 0 spiro atoms. The predicted molar refractivity (Wildman–Crippen MR) is 111 cm³/mol. The first kappa shape index (κ1) is 19.7. The zero-order valence-electron chi connectivity index (χ0n) is 15.3. The Morgan fingerprint density at radius 2 is 1.78 bits per heavy atom. The van der Waals surface area contributed by atoms with Gasteiger partial charge >= 0.3 is 5.91 Å². The number of aromatic nitrogens is 3. The molecule has 0 atom stereocenters. The fourth-order valence-electron chi connectivity index (χ4n) is 2.90. The third kappa shape index (κ3) is 3.96. The second kappa shape index (κ2) is 7.90. The molecule has 1 amide bonds. The van der Waals surface area contributed by atoms with Crippen LogP contribution >= 0.6 is 27.7 Å². The molecule has 3 aromatic rings. The molecule has 1 heterocycles. The molecule has 8 heteroatoms. The van der Waals surface area contributed by atoms with Crippen molar-refractivity contribution in [2.45, 2.75) is 43.6 Å². The van der Waals surface area contributed by atoms with Crippen LogP contribution in [-0.2, 0) is 17.8 Å². The first-order valence-electron chi connectivity index (χ1n) is 8.52. The van der Waals surface area contributed by atoms with Gasteiger partial charge in [0.2, 0.25) is 4.73 Å². The van der Waals surface area contributed by atoms with E-state index in [2.05, 4.69) is 62.5 Å². The SMILES string of the molecule is CCc1ccc(Cn2c(Br)nnc2SC(C)(C)C(=O)N=O)c2ccccc12. The second-order valence-corrected chi connectivity index (χ2v) is 8.93. The Bertz CT molecular complexity index is 1020. The number of rotatable bonds is 6. The lowest BCUT2D eigenvalue weighted by molar-refractivity contribution is -0.119. The van der Waals surface area contributed by atoms with Crippen molar-refractivity contribution in [1.82, 2.24) is 14.8 Å². The molecule has 0 bridgehead atoms. The Balaban J connectivity index is 2.01. The topological polar surface area (TPSA) is 77.2 Å². The van der Waals surface area contributed by atoms with Crippen LogP contribution in [0.4, 0.5) is 0 Å². The maximum Gasteiger partial charge on any atom is 0.302 e. The van der Waals surface area contributed by atoms with Gasteiger partial charge in [-0.05, 0) is 58.1 Å². The number of benzene rings is 2. The van der Waals surface area contributed by atoms with E-state index in [4.69, 9.17) is 0 Å². The van der Waals surface area contributed by atoms with Crippen LogP contribution in [0.3, 0.4) is 0 Å². The quantitative estimate of drug-likeness (QED) is 0.394. The molecular formula is C19H19BrN4O2S. The molecule has 0 N–H and O–H groups in total. The molecule has 1 aromatic heterocycles. The monoisotopic (exact) mass is 446 g/mol. The van der Waals surface area contributed by atoms with Crippen molar-refractivity contribution in [3.63, 3.8) is 0 Å². The number of nitroso groups, excluding NO2 is 1. The Kier molecular flexibility index (Phi) is 5.76. The molecule has 6 nitrogen and oxygen atoms in total. The van der Waals surface area contributed by atoms with E-state index in [-0.39, 0.29) is 0 Å². The molecular weight excluding hydrogens is 428 g/mol. The Labute approximate surface area is 169 Å². The highest BCUT2D eigenvalue weighted by atomic mass is 79.9. The summed E-state index contributed by atoms with van der Waals surface area (Å²) in [4.78, 5) is 22.5. The Hall–Kier alpha value is -2.06. The third-order valence-corrected chi connectivity index (χ3v) is 6.19. The van der Waals surface area contributed by atoms with Crippen LogP contribution in [0.1, 0.15) is 31.9 Å². The molecule has 0 saturated heterocycles. The van der Waals surface area contributed by atoms with Crippen LogP contribution < -0.4 is 0 Å². The van der Waals surface area contributed by atoms with Gasteiger partial charge in [-0.1, -0.05) is 55.1 Å². The highest BCUT2D eigenvalue weighted by molar-refractivity contribution is 9.10. The van der Waals surface area contributed by atoms with Gasteiger partial charge in [0.25, 0.3) is 0 Å². The van der Waals surface area contributed by atoms with Crippen LogP contribution in [0, 0.1) is 4.91 Å². The van der Waals surface area contributed by atoms with Gasteiger partial charge in [0.1, 0.15) is 4.75 Å². The lowest BCUT2D eigenvalue weighted by Gasteiger charge is -2.18. The van der Waals surface area contributed by atoms with Gasteiger partial charge in [-0.15, -0.1) is 15.1 Å². The second-order valence-electron chi connectivity index (χ2n) is 6.63.